The molecule has 160 valence electrons. The predicted molar refractivity (Wildman–Crippen MR) is 111 cm³/mol. The van der Waals surface area contributed by atoms with E-state index in [2.05, 4.69) is 29.4 Å². The van der Waals surface area contributed by atoms with E-state index >= 15 is 0 Å². The molecule has 2 heterocycles. The van der Waals surface area contributed by atoms with Gasteiger partial charge < -0.3 is 11.1 Å². The number of fused-ring (bicyclic) bond motifs is 1. The van der Waals surface area contributed by atoms with E-state index in [4.69, 9.17) is 10.7 Å². The number of aromatic nitrogens is 1. The lowest BCUT2D eigenvalue weighted by atomic mass is 9.95. The molecule has 0 spiro atoms. The van der Waals surface area contributed by atoms with Crippen molar-refractivity contribution in [3.8, 4) is 0 Å². The van der Waals surface area contributed by atoms with Gasteiger partial charge >= 0.3 is 0 Å². The summed E-state index contributed by atoms with van der Waals surface area (Å²) in [6.45, 7) is 3.32. The van der Waals surface area contributed by atoms with Gasteiger partial charge in [0, 0.05) is 43.5 Å². The number of amides is 1. The minimum Gasteiger partial charge on any atom is -0.346 e. The van der Waals surface area contributed by atoms with Crippen molar-refractivity contribution in [2.45, 2.75) is 50.6 Å². The number of halogens is 2. The maximum absolute atomic E-state index is 13.2. The molecule has 0 atom stereocenters. The highest BCUT2D eigenvalue weighted by molar-refractivity contribution is 5.94. The molecule has 2 aliphatic rings. The Bertz CT molecular complexity index is 925. The second kappa shape index (κ2) is 8.04. The van der Waals surface area contributed by atoms with Crippen LogP contribution in [0.1, 0.15) is 52.5 Å². The number of rotatable bonds is 7. The van der Waals surface area contributed by atoms with E-state index < -0.39 is 24.9 Å². The van der Waals surface area contributed by atoms with Crippen LogP contribution < -0.4 is 11.1 Å². The minimum atomic E-state index is -3.09. The summed E-state index contributed by atoms with van der Waals surface area (Å²) in [5, 5.41) is 2.24. The fourth-order valence-electron chi connectivity index (χ4n) is 3.83. The average molecular weight is 415 g/mol. The number of benzene rings is 1. The lowest BCUT2D eigenvalue weighted by Crippen LogP contribution is -2.41. The van der Waals surface area contributed by atoms with Gasteiger partial charge in [-0.05, 0) is 47.1 Å². The molecular weight excluding hydrogens is 386 g/mol. The number of nitrogens with two attached hydrogens (primary N) is 1. The molecule has 0 unspecified atom stereocenters. The van der Waals surface area contributed by atoms with E-state index in [1.165, 1.54) is 29.7 Å². The first-order valence-electron chi connectivity index (χ1n) is 10.4. The highest BCUT2D eigenvalue weighted by Crippen LogP contribution is 2.47. The van der Waals surface area contributed by atoms with Gasteiger partial charge in [-0.3, -0.25) is 14.7 Å². The maximum Gasteiger partial charge on any atom is 0.277 e. The standard InChI is InChI=1S/C23H28F2N4O/c1-22(7-8-22)19-10-18-13-29(9-6-20(18)27-11-19)12-16-2-4-17(5-3-16)21(30)28-15-23(24,25)14-26/h2-5,10-11H,6-9,12-15,26H2,1H3,(H,28,30). The van der Waals surface area contributed by atoms with Crippen LogP contribution in [-0.2, 0) is 24.9 Å². The van der Waals surface area contributed by atoms with Crippen LogP contribution in [0.3, 0.4) is 0 Å². The van der Waals surface area contributed by atoms with Gasteiger partial charge in [0.15, 0.2) is 0 Å². The van der Waals surface area contributed by atoms with Gasteiger partial charge in [-0.2, -0.15) is 0 Å². The van der Waals surface area contributed by atoms with Crippen molar-refractivity contribution in [2.24, 2.45) is 5.73 Å². The molecule has 4 rings (SSSR count). The topological polar surface area (TPSA) is 71.2 Å². The maximum atomic E-state index is 13.2. The Morgan fingerprint density at radius 2 is 2.03 bits per heavy atom. The van der Waals surface area contributed by atoms with Crippen LogP contribution in [0, 0.1) is 0 Å². The third-order valence-electron chi connectivity index (χ3n) is 6.24. The van der Waals surface area contributed by atoms with Gasteiger partial charge in [0.25, 0.3) is 11.8 Å². The smallest absolute Gasteiger partial charge is 0.277 e. The van der Waals surface area contributed by atoms with Crippen LogP contribution in [0.2, 0.25) is 0 Å². The quantitative estimate of drug-likeness (QED) is 0.731. The first-order valence-corrected chi connectivity index (χ1v) is 10.4. The summed E-state index contributed by atoms with van der Waals surface area (Å²) in [7, 11) is 0. The zero-order valence-corrected chi connectivity index (χ0v) is 17.3. The van der Waals surface area contributed by atoms with Crippen molar-refractivity contribution >= 4 is 5.91 Å². The summed E-state index contributed by atoms with van der Waals surface area (Å²) in [4.78, 5) is 19.1. The molecule has 30 heavy (non-hydrogen) atoms. The Labute approximate surface area is 175 Å². The van der Waals surface area contributed by atoms with Crippen LogP contribution in [0.15, 0.2) is 36.5 Å². The van der Waals surface area contributed by atoms with Crippen molar-refractivity contribution in [1.29, 1.82) is 0 Å². The summed E-state index contributed by atoms with van der Waals surface area (Å²) in [6.07, 6.45) is 5.46. The molecule has 3 N–H and O–H groups in total. The van der Waals surface area contributed by atoms with Crippen molar-refractivity contribution < 1.29 is 13.6 Å². The number of nitrogens with one attached hydrogen (secondary N) is 1. The van der Waals surface area contributed by atoms with E-state index in [9.17, 15) is 13.6 Å². The highest BCUT2D eigenvalue weighted by atomic mass is 19.3. The van der Waals surface area contributed by atoms with Gasteiger partial charge in [-0.25, -0.2) is 8.78 Å². The molecule has 1 aliphatic heterocycles. The molecule has 2 aromatic rings. The minimum absolute atomic E-state index is 0.314. The first-order chi connectivity index (χ1) is 14.3. The van der Waals surface area contributed by atoms with Crippen molar-refractivity contribution in [2.75, 3.05) is 19.6 Å². The molecule has 0 radical (unpaired) electrons. The fraction of sp³-hybridized carbons (Fsp3) is 0.478. The van der Waals surface area contributed by atoms with Crippen LogP contribution >= 0.6 is 0 Å². The Morgan fingerprint density at radius 1 is 1.30 bits per heavy atom. The van der Waals surface area contributed by atoms with Crippen LogP contribution in [0.25, 0.3) is 0 Å². The van der Waals surface area contributed by atoms with Gasteiger partial charge in [0.1, 0.15) is 0 Å². The number of nitrogens with zero attached hydrogens (tertiary/aromatic N) is 2. The third kappa shape index (κ3) is 4.68. The number of hydrogen-bond acceptors (Lipinski definition) is 4. The largest absolute Gasteiger partial charge is 0.346 e. The molecule has 0 saturated heterocycles. The van der Waals surface area contributed by atoms with Gasteiger partial charge in [-0.15, -0.1) is 0 Å². The van der Waals surface area contributed by atoms with Gasteiger partial charge in [-0.1, -0.05) is 25.1 Å². The summed E-state index contributed by atoms with van der Waals surface area (Å²) in [5.74, 6) is -3.61. The van der Waals surface area contributed by atoms with E-state index in [0.29, 0.717) is 11.0 Å². The molecule has 5 nitrogen and oxygen atoms in total. The van der Waals surface area contributed by atoms with Crippen molar-refractivity contribution in [1.82, 2.24) is 15.2 Å². The van der Waals surface area contributed by atoms with Gasteiger partial charge in [0.05, 0.1) is 13.1 Å². The second-order valence-corrected chi connectivity index (χ2v) is 8.79. The Morgan fingerprint density at radius 3 is 2.70 bits per heavy atom. The number of carbonyl (C=O) groups excluding carboxylic acids is 1. The fourth-order valence-corrected chi connectivity index (χ4v) is 3.83. The lowest BCUT2D eigenvalue weighted by Gasteiger charge is -2.29. The van der Waals surface area contributed by atoms with Crippen LogP contribution in [-0.4, -0.2) is 41.3 Å². The summed E-state index contributed by atoms with van der Waals surface area (Å²) in [6, 6.07) is 9.44. The molecule has 1 fully saturated rings. The van der Waals surface area contributed by atoms with E-state index in [-0.39, 0.29) is 0 Å². The molecule has 1 amide bonds. The molecule has 1 aliphatic carbocycles. The lowest BCUT2D eigenvalue weighted by molar-refractivity contribution is 0.0118. The van der Waals surface area contributed by atoms with Crippen molar-refractivity contribution in [3.63, 3.8) is 0 Å². The summed E-state index contributed by atoms with van der Waals surface area (Å²) >= 11 is 0. The Hall–Kier alpha value is -2.38. The zero-order valence-electron chi connectivity index (χ0n) is 17.3. The zero-order chi connectivity index (χ0) is 21.4. The SMILES string of the molecule is CC1(c2cnc3c(c2)CN(Cc2ccc(C(=O)NCC(F)(F)CN)cc2)CC3)CC1. The normalized spacial score (nSPS) is 18.0. The molecule has 7 heteroatoms. The van der Waals surface area contributed by atoms with Gasteiger partial charge in [0.2, 0.25) is 0 Å². The molecule has 0 bridgehead atoms. The number of carbonyl (C=O) groups is 1. The average Bonchev–Trinajstić information content (AvgIpc) is 3.51. The van der Waals surface area contributed by atoms with E-state index in [1.807, 2.05) is 12.1 Å². The molecule has 1 saturated carbocycles. The number of pyridine rings is 1. The van der Waals surface area contributed by atoms with E-state index in [1.54, 1.807) is 12.1 Å². The molecule has 1 aromatic carbocycles. The van der Waals surface area contributed by atoms with E-state index in [0.717, 1.165) is 31.6 Å². The summed E-state index contributed by atoms with van der Waals surface area (Å²) < 4.78 is 26.4. The highest BCUT2D eigenvalue weighted by Gasteiger charge is 2.39. The second-order valence-electron chi connectivity index (χ2n) is 8.79. The van der Waals surface area contributed by atoms with Crippen LogP contribution in [0.5, 0.6) is 0 Å². The number of alkyl halides is 2. The predicted octanol–water partition coefficient (Wildman–Crippen LogP) is 3.02. The Balaban J connectivity index is 1.36. The molecule has 1 aromatic heterocycles. The first kappa shape index (κ1) is 20.9. The third-order valence-corrected chi connectivity index (χ3v) is 6.24. The number of hydrogen-bond donors (Lipinski definition) is 2. The molecular formula is C23H28F2N4O. The van der Waals surface area contributed by atoms with Crippen LogP contribution in [0.4, 0.5) is 8.78 Å². The monoisotopic (exact) mass is 414 g/mol. The Kier molecular flexibility index (Phi) is 5.59. The summed E-state index contributed by atoms with van der Waals surface area (Å²) in [5.41, 5.74) is 10.6. The van der Waals surface area contributed by atoms with Crippen molar-refractivity contribution in [3.05, 3.63) is 64.5 Å².